The van der Waals surface area contributed by atoms with Crippen LogP contribution in [-0.2, 0) is 6.42 Å². The highest BCUT2D eigenvalue weighted by Crippen LogP contribution is 2.33. The van der Waals surface area contributed by atoms with Gasteiger partial charge in [-0.2, -0.15) is 0 Å². The standard InChI is InChI=1S/C27H33N3O8/c1-28(16-13-19-7-9-21(34-2)24(17-19)36-4)14-6-15-29(20-8-10-22(35-3)25(18-20)37-5)27(31)23-11-12-26(38-23)30(32)33/h7-12,17-18H,6,13-16H2,1-5H3. The summed E-state index contributed by atoms with van der Waals surface area (Å²) in [6.07, 6.45) is 1.45. The van der Waals surface area contributed by atoms with Crippen molar-refractivity contribution in [1.29, 1.82) is 0 Å². The van der Waals surface area contributed by atoms with E-state index in [0.717, 1.165) is 18.5 Å². The molecule has 0 N–H and O–H groups in total. The third kappa shape index (κ3) is 6.94. The lowest BCUT2D eigenvalue weighted by Crippen LogP contribution is -2.34. The second kappa shape index (κ2) is 13.3. The Bertz CT molecular complexity index is 1240. The molecule has 0 aliphatic carbocycles. The van der Waals surface area contributed by atoms with Crippen molar-refractivity contribution in [2.45, 2.75) is 12.8 Å². The molecule has 38 heavy (non-hydrogen) atoms. The number of nitro groups is 1. The van der Waals surface area contributed by atoms with Gasteiger partial charge in [0.15, 0.2) is 28.8 Å². The van der Waals surface area contributed by atoms with E-state index in [1.54, 1.807) is 32.4 Å². The van der Waals surface area contributed by atoms with Crippen molar-refractivity contribution >= 4 is 17.5 Å². The maximum Gasteiger partial charge on any atom is 0.433 e. The van der Waals surface area contributed by atoms with E-state index in [0.29, 0.717) is 48.2 Å². The number of likely N-dealkylation sites (N-methyl/N-ethyl adjacent to an activating group) is 1. The number of anilines is 1. The lowest BCUT2D eigenvalue weighted by molar-refractivity contribution is -0.402. The van der Waals surface area contributed by atoms with Gasteiger partial charge in [0.2, 0.25) is 0 Å². The smallest absolute Gasteiger partial charge is 0.433 e. The molecule has 0 radical (unpaired) electrons. The predicted octanol–water partition coefficient (Wildman–Crippen LogP) is 4.43. The van der Waals surface area contributed by atoms with Gasteiger partial charge < -0.3 is 33.2 Å². The van der Waals surface area contributed by atoms with Crippen LogP contribution in [0.2, 0.25) is 0 Å². The summed E-state index contributed by atoms with van der Waals surface area (Å²) in [5, 5.41) is 11.0. The SMILES string of the molecule is COc1ccc(CCN(C)CCCN(C(=O)c2ccc([N+](=O)[O-])o2)c2ccc(OC)c(OC)c2)cc1OC. The number of hydrogen-bond acceptors (Lipinski definition) is 9. The number of benzene rings is 2. The first-order chi connectivity index (χ1) is 18.3. The van der Waals surface area contributed by atoms with Crippen LogP contribution < -0.4 is 23.8 Å². The third-order valence-electron chi connectivity index (χ3n) is 6.06. The summed E-state index contributed by atoms with van der Waals surface area (Å²) in [6, 6.07) is 13.5. The highest BCUT2D eigenvalue weighted by atomic mass is 16.6. The Hall–Kier alpha value is -4.25. The number of carbonyl (C=O) groups excluding carboxylic acids is 1. The Morgan fingerprint density at radius 1 is 0.842 bits per heavy atom. The lowest BCUT2D eigenvalue weighted by Gasteiger charge is -2.24. The number of amides is 1. The second-order valence-corrected chi connectivity index (χ2v) is 8.49. The van der Waals surface area contributed by atoms with Gasteiger partial charge in [-0.3, -0.25) is 14.9 Å². The fourth-order valence-corrected chi connectivity index (χ4v) is 3.98. The molecule has 11 nitrogen and oxygen atoms in total. The van der Waals surface area contributed by atoms with Gasteiger partial charge in [-0.25, -0.2) is 0 Å². The molecule has 0 saturated carbocycles. The van der Waals surface area contributed by atoms with E-state index in [4.69, 9.17) is 23.4 Å². The van der Waals surface area contributed by atoms with Crippen molar-refractivity contribution in [3.8, 4) is 23.0 Å². The van der Waals surface area contributed by atoms with Gasteiger partial charge in [-0.1, -0.05) is 6.07 Å². The molecular formula is C27H33N3O8. The monoisotopic (exact) mass is 527 g/mol. The largest absolute Gasteiger partial charge is 0.493 e. The Morgan fingerprint density at radius 2 is 1.47 bits per heavy atom. The number of rotatable bonds is 14. The predicted molar refractivity (Wildman–Crippen MR) is 142 cm³/mol. The minimum Gasteiger partial charge on any atom is -0.493 e. The molecule has 204 valence electrons. The highest BCUT2D eigenvalue weighted by Gasteiger charge is 2.24. The second-order valence-electron chi connectivity index (χ2n) is 8.49. The molecule has 3 rings (SSSR count). The zero-order valence-electron chi connectivity index (χ0n) is 22.3. The van der Waals surface area contributed by atoms with Crippen LogP contribution in [0.5, 0.6) is 23.0 Å². The fraction of sp³-hybridized carbons (Fsp3) is 0.370. The summed E-state index contributed by atoms with van der Waals surface area (Å²) in [7, 11) is 8.27. The maximum atomic E-state index is 13.3. The molecule has 0 bridgehead atoms. The average Bonchev–Trinajstić information content (AvgIpc) is 3.44. The fourth-order valence-electron chi connectivity index (χ4n) is 3.98. The van der Waals surface area contributed by atoms with Crippen molar-refractivity contribution < 1.29 is 33.1 Å². The number of ether oxygens (including phenoxy) is 4. The molecule has 0 spiro atoms. The minimum atomic E-state index is -0.676. The summed E-state index contributed by atoms with van der Waals surface area (Å²) in [5.74, 6) is 1.26. The first-order valence-electron chi connectivity index (χ1n) is 12.0. The summed E-state index contributed by atoms with van der Waals surface area (Å²) >= 11 is 0. The van der Waals surface area contributed by atoms with Crippen molar-refractivity contribution in [1.82, 2.24) is 4.90 Å². The van der Waals surface area contributed by atoms with Crippen LogP contribution in [0.1, 0.15) is 22.5 Å². The van der Waals surface area contributed by atoms with Crippen LogP contribution in [-0.4, -0.2) is 70.9 Å². The molecule has 2 aromatic carbocycles. The number of hydrogen-bond donors (Lipinski definition) is 0. The van der Waals surface area contributed by atoms with E-state index in [1.807, 2.05) is 25.2 Å². The zero-order chi connectivity index (χ0) is 27.7. The van der Waals surface area contributed by atoms with Crippen molar-refractivity contribution in [3.63, 3.8) is 0 Å². The van der Waals surface area contributed by atoms with E-state index in [9.17, 15) is 14.9 Å². The Labute approximate surface area is 221 Å². The molecule has 3 aromatic rings. The van der Waals surface area contributed by atoms with Crippen molar-refractivity contribution in [2.75, 3.05) is 60.0 Å². The summed E-state index contributed by atoms with van der Waals surface area (Å²) in [5.41, 5.74) is 1.68. The highest BCUT2D eigenvalue weighted by molar-refractivity contribution is 6.04. The Balaban J connectivity index is 1.69. The van der Waals surface area contributed by atoms with Gasteiger partial charge in [0.25, 0.3) is 5.91 Å². The van der Waals surface area contributed by atoms with E-state index >= 15 is 0 Å². The number of methoxy groups -OCH3 is 4. The summed E-state index contributed by atoms with van der Waals surface area (Å²) in [6.45, 7) is 1.86. The third-order valence-corrected chi connectivity index (χ3v) is 6.06. The Kier molecular flexibility index (Phi) is 9.94. The Morgan fingerprint density at radius 3 is 2.08 bits per heavy atom. The first kappa shape index (κ1) is 28.3. The van der Waals surface area contributed by atoms with E-state index in [-0.39, 0.29) is 5.76 Å². The molecule has 11 heteroatoms. The van der Waals surface area contributed by atoms with E-state index in [1.165, 1.54) is 31.3 Å². The lowest BCUT2D eigenvalue weighted by atomic mass is 10.1. The number of furan rings is 1. The molecule has 0 unspecified atom stereocenters. The summed E-state index contributed by atoms with van der Waals surface area (Å²) < 4.78 is 26.6. The van der Waals surface area contributed by atoms with Crippen LogP contribution in [0.3, 0.4) is 0 Å². The van der Waals surface area contributed by atoms with Crippen LogP contribution in [0.25, 0.3) is 0 Å². The van der Waals surface area contributed by atoms with E-state index < -0.39 is 16.7 Å². The quantitative estimate of drug-likeness (QED) is 0.222. The molecule has 1 heterocycles. The topological polar surface area (TPSA) is 117 Å². The zero-order valence-corrected chi connectivity index (χ0v) is 22.3. The van der Waals surface area contributed by atoms with E-state index in [2.05, 4.69) is 4.90 Å². The van der Waals surface area contributed by atoms with Gasteiger partial charge in [-0.05, 0) is 62.3 Å². The van der Waals surface area contributed by atoms with Gasteiger partial charge in [0, 0.05) is 24.8 Å². The number of nitrogens with zero attached hydrogens (tertiary/aromatic N) is 3. The normalized spacial score (nSPS) is 10.8. The average molecular weight is 528 g/mol. The molecule has 1 aromatic heterocycles. The van der Waals surface area contributed by atoms with Gasteiger partial charge >= 0.3 is 5.88 Å². The molecular weight excluding hydrogens is 494 g/mol. The van der Waals surface area contributed by atoms with Gasteiger partial charge in [-0.15, -0.1) is 0 Å². The molecule has 0 atom stereocenters. The van der Waals surface area contributed by atoms with Crippen LogP contribution in [0.15, 0.2) is 52.9 Å². The van der Waals surface area contributed by atoms with Crippen molar-refractivity contribution in [2.24, 2.45) is 0 Å². The van der Waals surface area contributed by atoms with Gasteiger partial charge in [0.05, 0.1) is 34.5 Å². The van der Waals surface area contributed by atoms with Crippen LogP contribution in [0.4, 0.5) is 11.6 Å². The molecule has 0 saturated heterocycles. The van der Waals surface area contributed by atoms with Crippen LogP contribution >= 0.6 is 0 Å². The molecule has 0 aliphatic rings. The molecule has 1 amide bonds. The van der Waals surface area contributed by atoms with Crippen LogP contribution in [0, 0.1) is 10.1 Å². The van der Waals surface area contributed by atoms with Crippen molar-refractivity contribution in [3.05, 3.63) is 70.0 Å². The first-order valence-corrected chi connectivity index (χ1v) is 12.0. The minimum absolute atomic E-state index is 0.117. The number of carbonyl (C=O) groups is 1. The summed E-state index contributed by atoms with van der Waals surface area (Å²) in [4.78, 5) is 27.4. The molecule has 0 aliphatic heterocycles. The van der Waals surface area contributed by atoms with Gasteiger partial charge in [0.1, 0.15) is 4.92 Å². The molecule has 0 fully saturated rings. The maximum absolute atomic E-state index is 13.3.